The Kier molecular flexibility index (Phi) is 7.62. The number of rotatable bonds is 8. The van der Waals surface area contributed by atoms with Crippen LogP contribution in [0.3, 0.4) is 0 Å². The summed E-state index contributed by atoms with van der Waals surface area (Å²) in [6.45, 7) is 4.22. The highest BCUT2D eigenvalue weighted by Gasteiger charge is 2.14. The molecule has 1 unspecified atom stereocenters. The van der Waals surface area contributed by atoms with Crippen molar-refractivity contribution in [3.8, 4) is 0 Å². The Labute approximate surface area is 89.8 Å². The Morgan fingerprint density at radius 2 is 2.07 bits per heavy atom. The lowest BCUT2D eigenvalue weighted by Crippen LogP contribution is -2.38. The predicted molar refractivity (Wildman–Crippen MR) is 55.6 cm³/mol. The summed E-state index contributed by atoms with van der Waals surface area (Å²) in [5.41, 5.74) is 0. The zero-order valence-corrected chi connectivity index (χ0v) is 9.28. The topological polar surface area (TPSA) is 75.6 Å². The summed E-state index contributed by atoms with van der Waals surface area (Å²) in [7, 11) is 0. The Morgan fingerprint density at radius 1 is 1.40 bits per heavy atom. The van der Waals surface area contributed by atoms with Gasteiger partial charge in [0.15, 0.2) is 0 Å². The number of carbonyl (C=O) groups is 2. The maximum Gasteiger partial charge on any atom is 0.305 e. The lowest BCUT2D eigenvalue weighted by Gasteiger charge is -2.15. The van der Waals surface area contributed by atoms with Crippen LogP contribution in [0.2, 0.25) is 0 Å². The number of hydrogen-bond donors (Lipinski definition) is 2. The summed E-state index contributed by atoms with van der Waals surface area (Å²) in [5, 5.41) is 11.3. The molecule has 0 aromatic carbocycles. The standard InChI is InChI=1S/C10H19NO4/c1-3-5-8(6-10(13)14)11-9(12)7-15-4-2/h8H,3-7H2,1-2H3,(H,11,12)(H,13,14). The van der Waals surface area contributed by atoms with Crippen molar-refractivity contribution in [2.45, 2.75) is 39.2 Å². The number of amides is 1. The number of carbonyl (C=O) groups excluding carboxylic acids is 1. The van der Waals surface area contributed by atoms with Crippen LogP contribution >= 0.6 is 0 Å². The fourth-order valence-corrected chi connectivity index (χ4v) is 1.25. The molecule has 0 aliphatic rings. The molecule has 5 heteroatoms. The fourth-order valence-electron chi connectivity index (χ4n) is 1.25. The summed E-state index contributed by atoms with van der Waals surface area (Å²) in [6, 6.07) is -0.291. The van der Waals surface area contributed by atoms with E-state index in [-0.39, 0.29) is 25.0 Å². The maximum atomic E-state index is 11.2. The zero-order valence-electron chi connectivity index (χ0n) is 9.28. The van der Waals surface area contributed by atoms with Gasteiger partial charge in [-0.25, -0.2) is 0 Å². The molecule has 0 saturated heterocycles. The van der Waals surface area contributed by atoms with E-state index in [0.29, 0.717) is 13.0 Å². The van der Waals surface area contributed by atoms with Crippen molar-refractivity contribution in [3.63, 3.8) is 0 Å². The third-order valence-corrected chi connectivity index (χ3v) is 1.86. The summed E-state index contributed by atoms with van der Waals surface area (Å²) < 4.78 is 4.92. The molecule has 15 heavy (non-hydrogen) atoms. The molecular formula is C10H19NO4. The summed E-state index contributed by atoms with van der Waals surface area (Å²) in [5.74, 6) is -1.15. The van der Waals surface area contributed by atoms with Crippen molar-refractivity contribution in [1.82, 2.24) is 5.32 Å². The molecule has 0 aromatic heterocycles. The third kappa shape index (κ3) is 7.93. The van der Waals surface area contributed by atoms with Crippen LogP contribution in [0.25, 0.3) is 0 Å². The molecular weight excluding hydrogens is 198 g/mol. The zero-order chi connectivity index (χ0) is 11.7. The average Bonchev–Trinajstić information content (AvgIpc) is 2.14. The molecule has 0 aliphatic carbocycles. The van der Waals surface area contributed by atoms with E-state index in [2.05, 4.69) is 5.32 Å². The van der Waals surface area contributed by atoms with E-state index in [1.165, 1.54) is 0 Å². The number of aliphatic carboxylic acids is 1. The average molecular weight is 217 g/mol. The first kappa shape index (κ1) is 13.9. The molecule has 0 aromatic rings. The molecule has 0 spiro atoms. The van der Waals surface area contributed by atoms with Crippen molar-refractivity contribution in [2.24, 2.45) is 0 Å². The van der Waals surface area contributed by atoms with Crippen LogP contribution in [-0.4, -0.2) is 36.2 Å². The van der Waals surface area contributed by atoms with Gasteiger partial charge in [-0.2, -0.15) is 0 Å². The van der Waals surface area contributed by atoms with Crippen LogP contribution < -0.4 is 5.32 Å². The molecule has 0 aliphatic heterocycles. The minimum absolute atomic E-state index is 0.00364. The van der Waals surface area contributed by atoms with Gasteiger partial charge in [0.05, 0.1) is 6.42 Å². The van der Waals surface area contributed by atoms with Crippen LogP contribution in [0, 0.1) is 0 Å². The molecule has 0 radical (unpaired) electrons. The second kappa shape index (κ2) is 8.23. The number of carboxylic acids is 1. The second-order valence-electron chi connectivity index (χ2n) is 3.29. The highest BCUT2D eigenvalue weighted by Crippen LogP contribution is 2.01. The lowest BCUT2D eigenvalue weighted by atomic mass is 10.1. The van der Waals surface area contributed by atoms with Crippen molar-refractivity contribution in [3.05, 3.63) is 0 Å². The minimum Gasteiger partial charge on any atom is -0.481 e. The monoisotopic (exact) mass is 217 g/mol. The Morgan fingerprint density at radius 3 is 2.53 bits per heavy atom. The largest absolute Gasteiger partial charge is 0.481 e. The van der Waals surface area contributed by atoms with Gasteiger partial charge in [-0.05, 0) is 13.3 Å². The van der Waals surface area contributed by atoms with Gasteiger partial charge in [0, 0.05) is 12.6 Å². The summed E-state index contributed by atoms with van der Waals surface area (Å²) in [4.78, 5) is 21.7. The molecule has 0 heterocycles. The number of nitrogens with one attached hydrogen (secondary N) is 1. The van der Waals surface area contributed by atoms with Crippen molar-refractivity contribution >= 4 is 11.9 Å². The van der Waals surface area contributed by atoms with Crippen molar-refractivity contribution in [1.29, 1.82) is 0 Å². The van der Waals surface area contributed by atoms with Gasteiger partial charge in [0.25, 0.3) is 0 Å². The fraction of sp³-hybridized carbons (Fsp3) is 0.800. The van der Waals surface area contributed by atoms with Crippen LogP contribution in [-0.2, 0) is 14.3 Å². The first-order valence-electron chi connectivity index (χ1n) is 5.19. The molecule has 1 atom stereocenters. The van der Waals surface area contributed by atoms with E-state index < -0.39 is 5.97 Å². The van der Waals surface area contributed by atoms with Crippen LogP contribution in [0.5, 0.6) is 0 Å². The number of carboxylic acid groups (broad SMARTS) is 1. The van der Waals surface area contributed by atoms with Crippen LogP contribution in [0.1, 0.15) is 33.1 Å². The van der Waals surface area contributed by atoms with Gasteiger partial charge < -0.3 is 15.2 Å². The van der Waals surface area contributed by atoms with Crippen molar-refractivity contribution < 1.29 is 19.4 Å². The van der Waals surface area contributed by atoms with Crippen LogP contribution in [0.15, 0.2) is 0 Å². The predicted octanol–water partition coefficient (Wildman–Crippen LogP) is 0.782. The van der Waals surface area contributed by atoms with Crippen molar-refractivity contribution in [2.75, 3.05) is 13.2 Å². The highest BCUT2D eigenvalue weighted by atomic mass is 16.5. The first-order chi connectivity index (χ1) is 7.10. The lowest BCUT2D eigenvalue weighted by molar-refractivity contribution is -0.138. The molecule has 0 bridgehead atoms. The molecule has 88 valence electrons. The Balaban J connectivity index is 3.92. The normalized spacial score (nSPS) is 12.1. The smallest absolute Gasteiger partial charge is 0.305 e. The highest BCUT2D eigenvalue weighted by molar-refractivity contribution is 5.78. The third-order valence-electron chi connectivity index (χ3n) is 1.86. The number of ether oxygens (including phenoxy) is 1. The Bertz CT molecular complexity index is 206. The van der Waals surface area contributed by atoms with E-state index in [9.17, 15) is 9.59 Å². The maximum absolute atomic E-state index is 11.2. The van der Waals surface area contributed by atoms with Gasteiger partial charge in [0.2, 0.25) is 5.91 Å². The molecule has 5 nitrogen and oxygen atoms in total. The quantitative estimate of drug-likeness (QED) is 0.630. The van der Waals surface area contributed by atoms with E-state index in [1.807, 2.05) is 6.92 Å². The van der Waals surface area contributed by atoms with Gasteiger partial charge in [-0.3, -0.25) is 9.59 Å². The van der Waals surface area contributed by atoms with E-state index in [0.717, 1.165) is 6.42 Å². The van der Waals surface area contributed by atoms with E-state index >= 15 is 0 Å². The second-order valence-corrected chi connectivity index (χ2v) is 3.29. The molecule has 0 fully saturated rings. The van der Waals surface area contributed by atoms with Crippen LogP contribution in [0.4, 0.5) is 0 Å². The SMILES string of the molecule is CCCC(CC(=O)O)NC(=O)COCC. The van der Waals surface area contributed by atoms with E-state index in [4.69, 9.17) is 9.84 Å². The van der Waals surface area contributed by atoms with E-state index in [1.54, 1.807) is 6.92 Å². The summed E-state index contributed by atoms with van der Waals surface area (Å²) >= 11 is 0. The Hall–Kier alpha value is -1.10. The molecule has 0 rings (SSSR count). The first-order valence-corrected chi connectivity index (χ1v) is 5.19. The molecule has 0 saturated carbocycles. The van der Waals surface area contributed by atoms with Gasteiger partial charge in [-0.15, -0.1) is 0 Å². The molecule has 1 amide bonds. The molecule has 2 N–H and O–H groups in total. The van der Waals surface area contributed by atoms with Gasteiger partial charge in [-0.1, -0.05) is 13.3 Å². The van der Waals surface area contributed by atoms with Gasteiger partial charge in [0.1, 0.15) is 6.61 Å². The minimum atomic E-state index is -0.898. The van der Waals surface area contributed by atoms with Gasteiger partial charge >= 0.3 is 5.97 Å². The number of hydrogen-bond acceptors (Lipinski definition) is 3. The summed E-state index contributed by atoms with van der Waals surface area (Å²) in [6.07, 6.45) is 1.47.